The van der Waals surface area contributed by atoms with E-state index in [0.717, 1.165) is 23.4 Å². The van der Waals surface area contributed by atoms with Crippen LogP contribution in [0.2, 0.25) is 0 Å². The molecule has 2 aromatic rings. The van der Waals surface area contributed by atoms with Crippen molar-refractivity contribution >= 4 is 11.7 Å². The molecular weight excluding hydrogens is 294 g/mol. The van der Waals surface area contributed by atoms with E-state index in [1.807, 2.05) is 31.2 Å². The summed E-state index contributed by atoms with van der Waals surface area (Å²) in [5, 5.41) is 14.8. The lowest BCUT2D eigenvalue weighted by Crippen LogP contribution is -2.28. The van der Waals surface area contributed by atoms with Gasteiger partial charge in [-0.1, -0.05) is 30.2 Å². The summed E-state index contributed by atoms with van der Waals surface area (Å²) < 4.78 is 7.48. The van der Waals surface area contributed by atoms with E-state index in [-0.39, 0.29) is 5.78 Å². The predicted octanol–water partition coefficient (Wildman–Crippen LogP) is 2.34. The number of benzene rings is 1. The maximum Gasteiger partial charge on any atom is 0.248 e. The highest BCUT2D eigenvalue weighted by Gasteiger charge is 2.33. The van der Waals surface area contributed by atoms with E-state index in [9.17, 15) is 4.79 Å². The Balaban J connectivity index is 2.15. The largest absolute Gasteiger partial charge is 0.493 e. The van der Waals surface area contributed by atoms with Crippen molar-refractivity contribution in [1.29, 1.82) is 0 Å². The number of fused-ring (bicyclic) bond motifs is 1. The number of ketones is 1. The zero-order valence-corrected chi connectivity index (χ0v) is 13.4. The lowest BCUT2D eigenvalue weighted by atomic mass is 9.92. The predicted molar refractivity (Wildman–Crippen MR) is 85.2 cm³/mol. The smallest absolute Gasteiger partial charge is 0.248 e. The maximum atomic E-state index is 12.2. The van der Waals surface area contributed by atoms with Gasteiger partial charge in [0.15, 0.2) is 5.78 Å². The first-order valence-corrected chi connectivity index (χ1v) is 7.61. The van der Waals surface area contributed by atoms with E-state index in [2.05, 4.69) is 27.8 Å². The van der Waals surface area contributed by atoms with Crippen LogP contribution in [0, 0.1) is 0 Å². The molecule has 2 heterocycles. The monoisotopic (exact) mass is 313 g/mol. The van der Waals surface area contributed by atoms with E-state index >= 15 is 0 Å². The first-order chi connectivity index (χ1) is 11.1. The molecule has 1 unspecified atom stereocenters. The fourth-order valence-electron chi connectivity index (χ4n) is 2.81. The summed E-state index contributed by atoms with van der Waals surface area (Å²) in [6, 6.07) is 7.30. The van der Waals surface area contributed by atoms with Gasteiger partial charge in [0.05, 0.1) is 6.61 Å². The molecule has 1 atom stereocenters. The zero-order valence-electron chi connectivity index (χ0n) is 13.4. The molecule has 1 aromatic heterocycles. The molecule has 1 aliphatic rings. The van der Waals surface area contributed by atoms with Crippen LogP contribution in [0.15, 0.2) is 35.5 Å². The molecule has 1 N–H and O–H groups in total. The quantitative estimate of drug-likeness (QED) is 0.912. The fraction of sp³-hybridized carbons (Fsp3) is 0.375. The number of hydrogen-bond acceptors (Lipinski definition) is 6. The Labute approximate surface area is 134 Å². The fourth-order valence-corrected chi connectivity index (χ4v) is 2.81. The number of allylic oxidation sites excluding steroid dienone is 2. The van der Waals surface area contributed by atoms with Gasteiger partial charge in [-0.05, 0) is 36.8 Å². The van der Waals surface area contributed by atoms with Crippen LogP contribution in [-0.4, -0.2) is 32.6 Å². The van der Waals surface area contributed by atoms with Gasteiger partial charge >= 0.3 is 0 Å². The minimum absolute atomic E-state index is 0.0218. The molecule has 1 aliphatic heterocycles. The third-order valence-electron chi connectivity index (χ3n) is 3.77. The number of nitrogens with one attached hydrogen (secondary N) is 1. The number of nitrogens with zero attached hydrogens (tertiary/aromatic N) is 4. The normalized spacial score (nSPS) is 16.7. The van der Waals surface area contributed by atoms with Crippen LogP contribution in [-0.2, 0) is 4.79 Å². The molecule has 0 fully saturated rings. The van der Waals surface area contributed by atoms with Gasteiger partial charge in [-0.2, -0.15) is 4.68 Å². The number of para-hydroxylation sites is 1. The highest BCUT2D eigenvalue weighted by molar-refractivity contribution is 5.96. The first kappa shape index (κ1) is 15.2. The second-order valence-electron chi connectivity index (χ2n) is 5.46. The number of carbonyl (C=O) groups excluding carboxylic acids is 1. The molecule has 0 spiro atoms. The summed E-state index contributed by atoms with van der Waals surface area (Å²) in [5.74, 6) is 1.24. The second-order valence-corrected chi connectivity index (χ2v) is 5.46. The average Bonchev–Trinajstić information content (AvgIpc) is 2.99. The molecule has 7 nitrogen and oxygen atoms in total. The number of tetrazole rings is 1. The SMILES string of the molecule is CCCOc1ccccc1C1C(C(C)=O)=C(C)Nc2nnnn21. The van der Waals surface area contributed by atoms with Gasteiger partial charge in [-0.15, -0.1) is 0 Å². The molecule has 0 radical (unpaired) electrons. The number of carbonyl (C=O) groups is 1. The molecule has 3 rings (SSSR count). The molecule has 0 amide bonds. The minimum Gasteiger partial charge on any atom is -0.493 e. The van der Waals surface area contributed by atoms with Gasteiger partial charge < -0.3 is 10.1 Å². The molecule has 7 heteroatoms. The minimum atomic E-state index is -0.396. The van der Waals surface area contributed by atoms with Crippen molar-refractivity contribution in [3.8, 4) is 5.75 Å². The van der Waals surface area contributed by atoms with Crippen molar-refractivity contribution in [2.45, 2.75) is 33.2 Å². The number of rotatable bonds is 5. The number of anilines is 1. The van der Waals surface area contributed by atoms with Gasteiger partial charge in [0.25, 0.3) is 0 Å². The van der Waals surface area contributed by atoms with Gasteiger partial charge in [0, 0.05) is 16.8 Å². The lowest BCUT2D eigenvalue weighted by Gasteiger charge is -2.28. The Bertz CT molecular complexity index is 765. The third-order valence-corrected chi connectivity index (χ3v) is 3.77. The Morgan fingerprint density at radius 3 is 2.91 bits per heavy atom. The van der Waals surface area contributed by atoms with E-state index in [4.69, 9.17) is 4.74 Å². The number of hydrogen-bond donors (Lipinski definition) is 1. The van der Waals surface area contributed by atoms with Crippen LogP contribution in [0.4, 0.5) is 5.95 Å². The summed E-state index contributed by atoms with van der Waals surface area (Å²) in [4.78, 5) is 12.2. The van der Waals surface area contributed by atoms with Gasteiger partial charge in [-0.25, -0.2) is 0 Å². The van der Waals surface area contributed by atoms with E-state index in [1.54, 1.807) is 11.6 Å². The van der Waals surface area contributed by atoms with Gasteiger partial charge in [0.2, 0.25) is 5.95 Å². The van der Waals surface area contributed by atoms with Crippen molar-refractivity contribution < 1.29 is 9.53 Å². The van der Waals surface area contributed by atoms with Crippen molar-refractivity contribution in [1.82, 2.24) is 20.2 Å². The second kappa shape index (κ2) is 6.20. The van der Waals surface area contributed by atoms with E-state index in [1.165, 1.54) is 0 Å². The molecular formula is C16H19N5O2. The zero-order chi connectivity index (χ0) is 16.4. The summed E-state index contributed by atoms with van der Waals surface area (Å²) in [7, 11) is 0. The van der Waals surface area contributed by atoms with Crippen LogP contribution >= 0.6 is 0 Å². The van der Waals surface area contributed by atoms with Gasteiger partial charge in [-0.3, -0.25) is 4.79 Å². The Kier molecular flexibility index (Phi) is 4.10. The first-order valence-electron chi connectivity index (χ1n) is 7.61. The standard InChI is InChI=1S/C16H19N5O2/c1-4-9-23-13-8-6-5-7-12(13)15-14(11(3)22)10(2)17-16-18-19-20-21(15)16/h5-8,15H,4,9H2,1-3H3,(H,17,18,20). The average molecular weight is 313 g/mol. The van der Waals surface area contributed by atoms with Crippen LogP contribution in [0.25, 0.3) is 0 Å². The van der Waals surface area contributed by atoms with Crippen LogP contribution in [0.1, 0.15) is 38.8 Å². The number of Topliss-reactive ketones (excluding diaryl/α,β-unsaturated/α-hetero) is 1. The molecule has 0 bridgehead atoms. The lowest BCUT2D eigenvalue weighted by molar-refractivity contribution is -0.114. The molecule has 0 saturated heterocycles. The maximum absolute atomic E-state index is 12.2. The van der Waals surface area contributed by atoms with Crippen molar-refractivity contribution in [3.63, 3.8) is 0 Å². The van der Waals surface area contributed by atoms with E-state index in [0.29, 0.717) is 18.1 Å². The van der Waals surface area contributed by atoms with Crippen LogP contribution in [0.3, 0.4) is 0 Å². The summed E-state index contributed by atoms with van der Waals surface area (Å²) in [6.45, 7) is 6.08. The van der Waals surface area contributed by atoms with Gasteiger partial charge in [0.1, 0.15) is 11.8 Å². The Morgan fingerprint density at radius 1 is 1.39 bits per heavy atom. The van der Waals surface area contributed by atoms with Crippen LogP contribution in [0.5, 0.6) is 5.75 Å². The van der Waals surface area contributed by atoms with Crippen molar-refractivity contribution in [2.75, 3.05) is 11.9 Å². The third kappa shape index (κ3) is 2.69. The summed E-state index contributed by atoms with van der Waals surface area (Å²) >= 11 is 0. The number of aromatic nitrogens is 4. The summed E-state index contributed by atoms with van der Waals surface area (Å²) in [5.41, 5.74) is 2.27. The van der Waals surface area contributed by atoms with Crippen molar-refractivity contribution in [2.24, 2.45) is 0 Å². The van der Waals surface area contributed by atoms with E-state index < -0.39 is 6.04 Å². The topological polar surface area (TPSA) is 81.9 Å². The highest BCUT2D eigenvalue weighted by Crippen LogP contribution is 2.38. The summed E-state index contributed by atoms with van der Waals surface area (Å²) in [6.07, 6.45) is 0.908. The molecule has 0 saturated carbocycles. The Morgan fingerprint density at radius 2 is 2.17 bits per heavy atom. The Hall–Kier alpha value is -2.70. The molecule has 0 aliphatic carbocycles. The van der Waals surface area contributed by atoms with Crippen molar-refractivity contribution in [3.05, 3.63) is 41.1 Å². The molecule has 1 aromatic carbocycles. The molecule has 120 valence electrons. The number of ether oxygens (including phenoxy) is 1. The highest BCUT2D eigenvalue weighted by atomic mass is 16.5. The van der Waals surface area contributed by atoms with Crippen LogP contribution < -0.4 is 10.1 Å². The molecule has 23 heavy (non-hydrogen) atoms.